The molecule has 0 spiro atoms. The predicted molar refractivity (Wildman–Crippen MR) is 107 cm³/mol. The molecule has 0 aromatic carbocycles. The van der Waals surface area contributed by atoms with Gasteiger partial charge < -0.3 is 15.1 Å². The number of hydrogen-bond donors (Lipinski definition) is 2. The highest BCUT2D eigenvalue weighted by molar-refractivity contribution is 14.0. The van der Waals surface area contributed by atoms with E-state index in [1.165, 1.54) is 4.90 Å². The molecule has 2 N–H and O–H groups in total. The van der Waals surface area contributed by atoms with Crippen molar-refractivity contribution >= 4 is 29.9 Å². The summed E-state index contributed by atoms with van der Waals surface area (Å²) in [5, 5.41) is 6.43. The Morgan fingerprint density at radius 3 is 2.85 bits per heavy atom. The van der Waals surface area contributed by atoms with Gasteiger partial charge in [-0.15, -0.1) is 24.0 Å². The largest absolute Gasteiger partial charge is 0.469 e. The number of nitrogens with one attached hydrogen (secondary N) is 2. The number of likely N-dealkylation sites (tertiary alicyclic amines) is 1. The van der Waals surface area contributed by atoms with Gasteiger partial charge in [0.05, 0.1) is 19.4 Å². The van der Waals surface area contributed by atoms with Crippen LogP contribution < -0.4 is 10.6 Å². The number of guanidine groups is 1. The van der Waals surface area contributed by atoms with Crippen molar-refractivity contribution in [3.63, 3.8) is 0 Å². The van der Waals surface area contributed by atoms with Crippen LogP contribution in [0, 0.1) is 0 Å². The van der Waals surface area contributed by atoms with Gasteiger partial charge in [0.1, 0.15) is 5.76 Å². The maximum atomic E-state index is 12.5. The zero-order chi connectivity index (χ0) is 18.3. The molecule has 0 radical (unpaired) electrons. The summed E-state index contributed by atoms with van der Waals surface area (Å²) in [5.41, 5.74) is 0.914. The third-order valence-corrected chi connectivity index (χ3v) is 3.77. The Labute approximate surface area is 169 Å². The fourth-order valence-corrected chi connectivity index (χ4v) is 2.67. The van der Waals surface area contributed by atoms with E-state index in [0.717, 1.165) is 11.3 Å². The third-order valence-electron chi connectivity index (χ3n) is 3.77. The Balaban J connectivity index is 0.00000338. The fraction of sp³-hybridized carbons (Fsp3) is 0.588. The van der Waals surface area contributed by atoms with Crippen molar-refractivity contribution in [2.75, 3.05) is 32.7 Å². The minimum atomic E-state index is -4.16. The molecule has 5 nitrogen and oxygen atoms in total. The van der Waals surface area contributed by atoms with Crippen molar-refractivity contribution in [2.45, 2.75) is 32.0 Å². The summed E-state index contributed by atoms with van der Waals surface area (Å²) < 4.78 is 42.8. The van der Waals surface area contributed by atoms with Crippen LogP contribution in [-0.4, -0.2) is 55.8 Å². The average Bonchev–Trinajstić information content (AvgIpc) is 3.15. The van der Waals surface area contributed by atoms with Crippen LogP contribution in [0.2, 0.25) is 0 Å². The average molecular weight is 486 g/mol. The van der Waals surface area contributed by atoms with E-state index in [2.05, 4.69) is 22.2 Å². The maximum Gasteiger partial charge on any atom is 0.401 e. The molecule has 1 aromatic heterocycles. The van der Waals surface area contributed by atoms with Gasteiger partial charge in [0, 0.05) is 32.1 Å². The summed E-state index contributed by atoms with van der Waals surface area (Å²) >= 11 is 0. The summed E-state index contributed by atoms with van der Waals surface area (Å²) in [7, 11) is 0. The molecule has 1 fully saturated rings. The second kappa shape index (κ2) is 10.8. The van der Waals surface area contributed by atoms with E-state index in [4.69, 9.17) is 4.42 Å². The number of hydrogen-bond acceptors (Lipinski definition) is 3. The summed E-state index contributed by atoms with van der Waals surface area (Å²) in [6.07, 6.45) is -1.18. The van der Waals surface area contributed by atoms with E-state index < -0.39 is 12.7 Å². The van der Waals surface area contributed by atoms with Crippen LogP contribution >= 0.6 is 24.0 Å². The van der Waals surface area contributed by atoms with E-state index in [9.17, 15) is 13.2 Å². The first kappa shape index (κ1) is 22.8. The van der Waals surface area contributed by atoms with Crippen LogP contribution in [-0.2, 0) is 6.42 Å². The van der Waals surface area contributed by atoms with Crippen molar-refractivity contribution in [1.82, 2.24) is 15.5 Å². The number of alkyl halides is 3. The maximum absolute atomic E-state index is 12.5. The molecule has 0 saturated carbocycles. The highest BCUT2D eigenvalue weighted by Gasteiger charge is 2.34. The number of nitrogens with zero attached hydrogens (tertiary/aromatic N) is 2. The SMILES string of the molecule is C=C(C)CN=C(NCCc1ccco1)NC1CCN(CC(F)(F)F)C1.I. The number of aliphatic imine (C=N–C) groups is 1. The summed E-state index contributed by atoms with van der Waals surface area (Å²) in [6, 6.07) is 3.67. The molecule has 1 atom stereocenters. The minimum absolute atomic E-state index is 0. The third kappa shape index (κ3) is 8.93. The molecule has 148 valence electrons. The summed E-state index contributed by atoms with van der Waals surface area (Å²) in [4.78, 5) is 5.84. The van der Waals surface area contributed by atoms with Crippen molar-refractivity contribution in [3.8, 4) is 0 Å². The molecular formula is C17H26F3IN4O. The van der Waals surface area contributed by atoms with E-state index in [1.807, 2.05) is 19.1 Å². The van der Waals surface area contributed by atoms with Crippen LogP contribution in [0.25, 0.3) is 0 Å². The molecule has 2 heterocycles. The molecule has 0 aliphatic carbocycles. The first-order valence-corrected chi connectivity index (χ1v) is 8.32. The highest BCUT2D eigenvalue weighted by atomic mass is 127. The molecule has 1 unspecified atom stereocenters. The van der Waals surface area contributed by atoms with Gasteiger partial charge in [0.2, 0.25) is 0 Å². The lowest BCUT2D eigenvalue weighted by molar-refractivity contribution is -0.143. The predicted octanol–water partition coefficient (Wildman–Crippen LogP) is 3.19. The first-order chi connectivity index (χ1) is 11.8. The number of rotatable bonds is 7. The first-order valence-electron chi connectivity index (χ1n) is 8.32. The highest BCUT2D eigenvalue weighted by Crippen LogP contribution is 2.19. The van der Waals surface area contributed by atoms with Crippen molar-refractivity contribution in [3.05, 3.63) is 36.3 Å². The molecule has 1 aliphatic heterocycles. The van der Waals surface area contributed by atoms with Crippen LogP contribution in [0.1, 0.15) is 19.1 Å². The molecule has 0 bridgehead atoms. The van der Waals surface area contributed by atoms with Crippen LogP contribution in [0.15, 0.2) is 40.0 Å². The van der Waals surface area contributed by atoms with Gasteiger partial charge >= 0.3 is 6.18 Å². The standard InChI is InChI=1S/C17H25F3N4O.HI/c1-13(2)10-22-16(21-7-5-15-4-3-9-25-15)23-14-6-8-24(11-14)12-17(18,19)20;/h3-4,9,14H,1,5-8,10-12H2,2H3,(H2,21,22,23);1H. The van der Waals surface area contributed by atoms with Crippen LogP contribution in [0.4, 0.5) is 13.2 Å². The van der Waals surface area contributed by atoms with Gasteiger partial charge in [-0.3, -0.25) is 4.90 Å². The molecule has 1 saturated heterocycles. The van der Waals surface area contributed by atoms with Gasteiger partial charge in [0.25, 0.3) is 0 Å². The molecule has 26 heavy (non-hydrogen) atoms. The van der Waals surface area contributed by atoms with Gasteiger partial charge in [-0.1, -0.05) is 12.2 Å². The lowest BCUT2D eigenvalue weighted by atomic mass is 10.2. The summed E-state index contributed by atoms with van der Waals surface area (Å²) in [6.45, 7) is 6.70. The quantitative estimate of drug-likeness (QED) is 0.269. The normalized spacial score (nSPS) is 18.5. The monoisotopic (exact) mass is 486 g/mol. The number of halogens is 4. The Hall–Kier alpha value is -1.23. The lowest BCUT2D eigenvalue weighted by Crippen LogP contribution is -2.45. The van der Waals surface area contributed by atoms with E-state index in [1.54, 1.807) is 6.26 Å². The van der Waals surface area contributed by atoms with Crippen LogP contribution in [0.5, 0.6) is 0 Å². The van der Waals surface area contributed by atoms with Gasteiger partial charge in [-0.25, -0.2) is 4.99 Å². The van der Waals surface area contributed by atoms with Gasteiger partial charge in [-0.05, 0) is 25.5 Å². The number of furan rings is 1. The van der Waals surface area contributed by atoms with Crippen molar-refractivity contribution in [1.29, 1.82) is 0 Å². The Bertz CT molecular complexity index is 575. The van der Waals surface area contributed by atoms with Gasteiger partial charge in [0.15, 0.2) is 5.96 Å². The lowest BCUT2D eigenvalue weighted by Gasteiger charge is -2.20. The summed E-state index contributed by atoms with van der Waals surface area (Å²) in [5.74, 6) is 1.46. The molecule has 2 rings (SSSR count). The van der Waals surface area contributed by atoms with E-state index >= 15 is 0 Å². The van der Waals surface area contributed by atoms with Gasteiger partial charge in [-0.2, -0.15) is 13.2 Å². The molecule has 1 aromatic rings. The Morgan fingerprint density at radius 1 is 1.46 bits per heavy atom. The molecular weight excluding hydrogens is 460 g/mol. The second-order valence-corrected chi connectivity index (χ2v) is 6.36. The van der Waals surface area contributed by atoms with Crippen molar-refractivity contribution < 1.29 is 17.6 Å². The zero-order valence-electron chi connectivity index (χ0n) is 14.8. The minimum Gasteiger partial charge on any atom is -0.469 e. The Kier molecular flexibility index (Phi) is 9.48. The van der Waals surface area contributed by atoms with Crippen molar-refractivity contribution in [2.24, 2.45) is 4.99 Å². The van der Waals surface area contributed by atoms with Crippen LogP contribution in [0.3, 0.4) is 0 Å². The van der Waals surface area contributed by atoms with E-state index in [-0.39, 0.29) is 30.0 Å². The van der Waals surface area contributed by atoms with E-state index in [0.29, 0.717) is 45.0 Å². The molecule has 1 aliphatic rings. The molecule has 9 heteroatoms. The topological polar surface area (TPSA) is 52.8 Å². The molecule has 0 amide bonds. The second-order valence-electron chi connectivity index (χ2n) is 6.36. The Morgan fingerprint density at radius 2 is 2.23 bits per heavy atom. The smallest absolute Gasteiger partial charge is 0.401 e. The zero-order valence-corrected chi connectivity index (χ0v) is 17.1. The fourth-order valence-electron chi connectivity index (χ4n) is 2.67.